The number of anilines is 1. The Balaban J connectivity index is 1.84. The SMILES string of the molecule is Cc1cc(C(=O)NNC(=O)Cc2csc(NC(=O)C(C)C)n2)c(C)o1. The van der Waals surface area contributed by atoms with Crippen molar-refractivity contribution in [3.63, 3.8) is 0 Å². The largest absolute Gasteiger partial charge is 0.466 e. The predicted octanol–water partition coefficient (Wildman–Crippen LogP) is 1.95. The molecule has 0 saturated heterocycles. The number of nitrogens with one attached hydrogen (secondary N) is 3. The number of rotatable bonds is 5. The molecule has 134 valence electrons. The molecule has 0 atom stereocenters. The van der Waals surface area contributed by atoms with Gasteiger partial charge in [-0.3, -0.25) is 25.2 Å². The van der Waals surface area contributed by atoms with Crippen molar-refractivity contribution in [1.82, 2.24) is 15.8 Å². The van der Waals surface area contributed by atoms with Crippen LogP contribution < -0.4 is 16.2 Å². The van der Waals surface area contributed by atoms with Gasteiger partial charge in [-0.05, 0) is 19.9 Å². The quantitative estimate of drug-likeness (QED) is 0.702. The smallest absolute Gasteiger partial charge is 0.273 e. The molecule has 3 amide bonds. The molecule has 0 radical (unpaired) electrons. The zero-order valence-corrected chi connectivity index (χ0v) is 15.2. The second-order valence-corrected chi connectivity index (χ2v) is 6.65. The van der Waals surface area contributed by atoms with E-state index in [2.05, 4.69) is 21.2 Å². The highest BCUT2D eigenvalue weighted by atomic mass is 32.1. The third-order valence-electron chi connectivity index (χ3n) is 3.25. The number of thiazole rings is 1. The van der Waals surface area contributed by atoms with E-state index in [1.807, 2.05) is 0 Å². The summed E-state index contributed by atoms with van der Waals surface area (Å²) < 4.78 is 5.27. The van der Waals surface area contributed by atoms with Crippen LogP contribution in [0.15, 0.2) is 15.9 Å². The Hall–Kier alpha value is -2.68. The molecule has 2 aromatic heterocycles. The Morgan fingerprint density at radius 3 is 2.56 bits per heavy atom. The fourth-order valence-corrected chi connectivity index (χ4v) is 2.67. The van der Waals surface area contributed by atoms with E-state index >= 15 is 0 Å². The molecular weight excluding hydrogens is 344 g/mol. The molecule has 2 rings (SSSR count). The highest BCUT2D eigenvalue weighted by Crippen LogP contribution is 2.16. The average Bonchev–Trinajstić information content (AvgIpc) is 3.10. The Morgan fingerprint density at radius 1 is 1.24 bits per heavy atom. The van der Waals surface area contributed by atoms with E-state index < -0.39 is 11.8 Å². The highest BCUT2D eigenvalue weighted by Gasteiger charge is 2.15. The van der Waals surface area contributed by atoms with E-state index in [1.54, 1.807) is 39.1 Å². The van der Waals surface area contributed by atoms with Crippen LogP contribution >= 0.6 is 11.3 Å². The number of amides is 3. The van der Waals surface area contributed by atoms with E-state index in [-0.39, 0.29) is 18.2 Å². The monoisotopic (exact) mass is 364 g/mol. The van der Waals surface area contributed by atoms with Gasteiger partial charge >= 0.3 is 0 Å². The maximum atomic E-state index is 12.0. The first-order valence-corrected chi connectivity index (χ1v) is 8.55. The number of nitrogens with zero attached hydrogens (tertiary/aromatic N) is 1. The van der Waals surface area contributed by atoms with E-state index in [9.17, 15) is 14.4 Å². The van der Waals surface area contributed by atoms with Gasteiger partial charge in [0.1, 0.15) is 11.5 Å². The highest BCUT2D eigenvalue weighted by molar-refractivity contribution is 7.13. The summed E-state index contributed by atoms with van der Waals surface area (Å²) in [5.74, 6) is -0.0601. The van der Waals surface area contributed by atoms with Gasteiger partial charge in [0.25, 0.3) is 5.91 Å². The molecule has 0 aliphatic rings. The summed E-state index contributed by atoms with van der Waals surface area (Å²) in [6.07, 6.45) is -0.0161. The predicted molar refractivity (Wildman–Crippen MR) is 93.1 cm³/mol. The van der Waals surface area contributed by atoms with Gasteiger partial charge < -0.3 is 9.73 Å². The van der Waals surface area contributed by atoms with Crippen LogP contribution in [0.1, 0.15) is 41.4 Å². The van der Waals surface area contributed by atoms with Crippen molar-refractivity contribution < 1.29 is 18.8 Å². The standard InChI is InChI=1S/C16H20N4O4S/c1-8(2)14(22)18-16-17-11(7-25-16)6-13(21)19-20-15(23)12-5-9(3)24-10(12)4/h5,7-8H,6H2,1-4H3,(H,19,21)(H,20,23)(H,17,18,22). The number of hydrogen-bond donors (Lipinski definition) is 3. The molecule has 2 aromatic rings. The minimum absolute atomic E-state index is 0.0161. The Kier molecular flexibility index (Phi) is 5.92. The minimum atomic E-state index is -0.453. The van der Waals surface area contributed by atoms with Crippen molar-refractivity contribution in [2.24, 2.45) is 5.92 Å². The molecule has 25 heavy (non-hydrogen) atoms. The maximum Gasteiger partial charge on any atom is 0.273 e. The molecule has 0 unspecified atom stereocenters. The lowest BCUT2D eigenvalue weighted by atomic mass is 10.2. The molecule has 0 spiro atoms. The van der Waals surface area contributed by atoms with Crippen molar-refractivity contribution >= 4 is 34.2 Å². The summed E-state index contributed by atoms with van der Waals surface area (Å²) in [5.41, 5.74) is 5.54. The summed E-state index contributed by atoms with van der Waals surface area (Å²) >= 11 is 1.24. The fourth-order valence-electron chi connectivity index (χ4n) is 1.95. The van der Waals surface area contributed by atoms with Crippen LogP contribution in [0.2, 0.25) is 0 Å². The van der Waals surface area contributed by atoms with Crippen LogP contribution in [0.3, 0.4) is 0 Å². The van der Waals surface area contributed by atoms with Crippen molar-refractivity contribution in [3.8, 4) is 0 Å². The fraction of sp³-hybridized carbons (Fsp3) is 0.375. The normalized spacial score (nSPS) is 10.6. The summed E-state index contributed by atoms with van der Waals surface area (Å²) in [7, 11) is 0. The summed E-state index contributed by atoms with van der Waals surface area (Å²) in [4.78, 5) is 39.7. The molecule has 9 heteroatoms. The third kappa shape index (κ3) is 5.15. The van der Waals surface area contributed by atoms with Crippen LogP contribution in [0.4, 0.5) is 5.13 Å². The Bertz CT molecular complexity index is 794. The number of hydrazine groups is 1. The molecule has 2 heterocycles. The first kappa shape index (κ1) is 18.7. The molecule has 0 aromatic carbocycles. The lowest BCUT2D eigenvalue weighted by Crippen LogP contribution is -2.42. The molecule has 0 aliphatic heterocycles. The average molecular weight is 364 g/mol. The second-order valence-electron chi connectivity index (χ2n) is 5.79. The number of hydrogen-bond acceptors (Lipinski definition) is 6. The van der Waals surface area contributed by atoms with Crippen LogP contribution in [-0.2, 0) is 16.0 Å². The van der Waals surface area contributed by atoms with Crippen molar-refractivity contribution in [2.45, 2.75) is 34.1 Å². The lowest BCUT2D eigenvalue weighted by molar-refractivity contribution is -0.121. The lowest BCUT2D eigenvalue weighted by Gasteiger charge is -2.06. The van der Waals surface area contributed by atoms with Gasteiger partial charge in [0, 0.05) is 11.3 Å². The van der Waals surface area contributed by atoms with Gasteiger partial charge in [0.05, 0.1) is 17.7 Å². The van der Waals surface area contributed by atoms with E-state index in [0.29, 0.717) is 27.9 Å². The van der Waals surface area contributed by atoms with Gasteiger partial charge in [-0.1, -0.05) is 13.8 Å². The zero-order valence-electron chi connectivity index (χ0n) is 14.4. The first-order chi connectivity index (χ1) is 11.8. The van der Waals surface area contributed by atoms with Gasteiger partial charge in [-0.15, -0.1) is 11.3 Å². The second kappa shape index (κ2) is 7.93. The number of aromatic nitrogens is 1. The van der Waals surface area contributed by atoms with E-state index in [4.69, 9.17) is 4.42 Å². The van der Waals surface area contributed by atoms with Crippen LogP contribution in [0.5, 0.6) is 0 Å². The molecule has 0 fully saturated rings. The molecule has 0 saturated carbocycles. The van der Waals surface area contributed by atoms with Crippen LogP contribution in [0.25, 0.3) is 0 Å². The number of furan rings is 1. The zero-order chi connectivity index (χ0) is 18.6. The van der Waals surface area contributed by atoms with Crippen LogP contribution in [0, 0.1) is 19.8 Å². The molecular formula is C16H20N4O4S. The van der Waals surface area contributed by atoms with Gasteiger partial charge in [0.2, 0.25) is 11.8 Å². The van der Waals surface area contributed by atoms with Crippen LogP contribution in [-0.4, -0.2) is 22.7 Å². The van der Waals surface area contributed by atoms with Gasteiger partial charge in [0.15, 0.2) is 5.13 Å². The van der Waals surface area contributed by atoms with E-state index in [1.165, 1.54) is 11.3 Å². The Labute approximate surface area is 149 Å². The first-order valence-electron chi connectivity index (χ1n) is 7.67. The third-order valence-corrected chi connectivity index (χ3v) is 4.06. The Morgan fingerprint density at radius 2 is 1.96 bits per heavy atom. The number of carbonyl (C=O) groups excluding carboxylic acids is 3. The summed E-state index contributed by atoms with van der Waals surface area (Å²) in [5, 5.41) is 4.79. The summed E-state index contributed by atoms with van der Waals surface area (Å²) in [6.45, 7) is 6.97. The van der Waals surface area contributed by atoms with Gasteiger partial charge in [-0.2, -0.15) is 0 Å². The maximum absolute atomic E-state index is 12.0. The molecule has 3 N–H and O–H groups in total. The number of aryl methyl sites for hydroxylation is 2. The minimum Gasteiger partial charge on any atom is -0.466 e. The van der Waals surface area contributed by atoms with E-state index in [0.717, 1.165) is 0 Å². The molecule has 0 aliphatic carbocycles. The topological polar surface area (TPSA) is 113 Å². The van der Waals surface area contributed by atoms with Gasteiger partial charge in [-0.25, -0.2) is 4.98 Å². The van der Waals surface area contributed by atoms with Crippen molar-refractivity contribution in [1.29, 1.82) is 0 Å². The van der Waals surface area contributed by atoms with Crippen molar-refractivity contribution in [2.75, 3.05) is 5.32 Å². The van der Waals surface area contributed by atoms with Crippen molar-refractivity contribution in [3.05, 3.63) is 34.2 Å². The molecule has 0 bridgehead atoms. The molecule has 8 nitrogen and oxygen atoms in total. The summed E-state index contributed by atoms with van der Waals surface area (Å²) in [6, 6.07) is 1.60. The number of carbonyl (C=O) groups is 3.